The van der Waals surface area contributed by atoms with Crippen LogP contribution in [-0.2, 0) is 0 Å². The molecular weight excluding hydrogens is 274 g/mol. The first-order valence-corrected chi connectivity index (χ1v) is 8.33. The summed E-state index contributed by atoms with van der Waals surface area (Å²) in [4.78, 5) is 16.5. The van der Waals surface area contributed by atoms with Crippen LogP contribution in [-0.4, -0.2) is 49.6 Å². The lowest BCUT2D eigenvalue weighted by atomic mass is 10.0. The number of likely N-dealkylation sites (tertiary alicyclic amines) is 1. The molecule has 0 aromatic heterocycles. The molecule has 1 aromatic carbocycles. The number of nitrogens with one attached hydrogen (secondary N) is 1. The normalized spacial score (nSPS) is 17.2. The highest BCUT2D eigenvalue weighted by Gasteiger charge is 2.19. The summed E-state index contributed by atoms with van der Waals surface area (Å²) < 4.78 is 0. The van der Waals surface area contributed by atoms with Crippen LogP contribution in [0.5, 0.6) is 0 Å². The van der Waals surface area contributed by atoms with Crippen LogP contribution in [0, 0.1) is 6.92 Å². The van der Waals surface area contributed by atoms with Crippen LogP contribution in [0.15, 0.2) is 24.3 Å². The van der Waals surface area contributed by atoms with Crippen molar-refractivity contribution < 1.29 is 4.79 Å². The second-order valence-corrected chi connectivity index (χ2v) is 6.48. The summed E-state index contributed by atoms with van der Waals surface area (Å²) in [6, 6.07) is 8.81. The smallest absolute Gasteiger partial charge is 0.317 e. The van der Waals surface area contributed by atoms with E-state index in [1.165, 1.54) is 24.0 Å². The van der Waals surface area contributed by atoms with Gasteiger partial charge in [-0.05, 0) is 39.4 Å². The molecular formula is C18H29N3O. The maximum atomic E-state index is 12.4. The van der Waals surface area contributed by atoms with Crippen LogP contribution in [0.25, 0.3) is 0 Å². The Balaban J connectivity index is 1.95. The van der Waals surface area contributed by atoms with E-state index in [1.54, 1.807) is 0 Å². The molecule has 1 aliphatic rings. The minimum atomic E-state index is 0.0846. The number of amides is 2. The van der Waals surface area contributed by atoms with Gasteiger partial charge in [0.1, 0.15) is 0 Å². The molecule has 122 valence electrons. The van der Waals surface area contributed by atoms with Gasteiger partial charge in [0.2, 0.25) is 0 Å². The number of nitrogens with zero attached hydrogens (tertiary/aromatic N) is 2. The fourth-order valence-electron chi connectivity index (χ4n) is 3.05. The van der Waals surface area contributed by atoms with Crippen molar-refractivity contribution in [3.8, 4) is 0 Å². The first kappa shape index (κ1) is 16.8. The highest BCUT2D eigenvalue weighted by molar-refractivity contribution is 5.74. The second-order valence-electron chi connectivity index (χ2n) is 6.48. The van der Waals surface area contributed by atoms with Crippen LogP contribution in [0.1, 0.15) is 42.9 Å². The van der Waals surface area contributed by atoms with Crippen molar-refractivity contribution in [1.29, 1.82) is 0 Å². The van der Waals surface area contributed by atoms with Gasteiger partial charge in [-0.1, -0.05) is 42.7 Å². The Morgan fingerprint density at radius 1 is 1.23 bits per heavy atom. The predicted molar refractivity (Wildman–Crippen MR) is 91.0 cm³/mol. The Morgan fingerprint density at radius 2 is 1.91 bits per heavy atom. The lowest BCUT2D eigenvalue weighted by Gasteiger charge is -2.27. The number of hydrogen-bond donors (Lipinski definition) is 1. The van der Waals surface area contributed by atoms with E-state index in [0.29, 0.717) is 6.54 Å². The van der Waals surface area contributed by atoms with Crippen molar-refractivity contribution in [2.24, 2.45) is 0 Å². The number of rotatable bonds is 4. The lowest BCUT2D eigenvalue weighted by Crippen LogP contribution is -2.43. The number of urea groups is 1. The molecule has 1 aliphatic heterocycles. The Labute approximate surface area is 134 Å². The molecule has 1 atom stereocenters. The van der Waals surface area contributed by atoms with Gasteiger partial charge in [-0.3, -0.25) is 0 Å². The maximum absolute atomic E-state index is 12.4. The van der Waals surface area contributed by atoms with Gasteiger partial charge in [-0.15, -0.1) is 0 Å². The predicted octanol–water partition coefficient (Wildman–Crippen LogP) is 3.18. The maximum Gasteiger partial charge on any atom is 0.317 e. The molecule has 0 radical (unpaired) electrons. The Kier molecular flexibility index (Phi) is 6.25. The minimum Gasteiger partial charge on any atom is -0.336 e. The monoisotopic (exact) mass is 303 g/mol. The molecule has 0 spiro atoms. The second kappa shape index (κ2) is 8.18. The van der Waals surface area contributed by atoms with Gasteiger partial charge in [-0.25, -0.2) is 4.79 Å². The van der Waals surface area contributed by atoms with E-state index in [9.17, 15) is 4.79 Å². The number of carbonyl (C=O) groups is 1. The zero-order chi connectivity index (χ0) is 15.9. The SMILES string of the molecule is Cc1cccc([C@H](CNC(=O)N2CCCCCC2)N(C)C)c1. The Morgan fingerprint density at radius 3 is 2.50 bits per heavy atom. The van der Waals surface area contributed by atoms with Crippen LogP contribution in [0.3, 0.4) is 0 Å². The van der Waals surface area contributed by atoms with E-state index in [4.69, 9.17) is 0 Å². The molecule has 4 heteroatoms. The van der Waals surface area contributed by atoms with Gasteiger partial charge in [0.05, 0.1) is 6.04 Å². The summed E-state index contributed by atoms with van der Waals surface area (Å²) in [6.07, 6.45) is 4.74. The van der Waals surface area contributed by atoms with Gasteiger partial charge in [0.25, 0.3) is 0 Å². The van der Waals surface area contributed by atoms with Crippen molar-refractivity contribution >= 4 is 6.03 Å². The topological polar surface area (TPSA) is 35.6 Å². The standard InChI is InChI=1S/C18H29N3O/c1-15-9-8-10-16(13-15)17(20(2)3)14-19-18(22)21-11-6-4-5-7-12-21/h8-10,13,17H,4-7,11-12,14H2,1-3H3,(H,19,22)/t17-/m0/s1. The highest BCUT2D eigenvalue weighted by atomic mass is 16.2. The summed E-state index contributed by atoms with van der Waals surface area (Å²) in [5.41, 5.74) is 2.50. The van der Waals surface area contributed by atoms with Gasteiger partial charge < -0.3 is 15.1 Å². The molecule has 1 aromatic rings. The van der Waals surface area contributed by atoms with Crippen molar-refractivity contribution in [2.75, 3.05) is 33.7 Å². The average molecular weight is 303 g/mol. The summed E-state index contributed by atoms with van der Waals surface area (Å²) in [7, 11) is 4.12. The quantitative estimate of drug-likeness (QED) is 0.927. The first-order valence-electron chi connectivity index (χ1n) is 8.33. The van der Waals surface area contributed by atoms with Gasteiger partial charge in [0, 0.05) is 19.6 Å². The van der Waals surface area contributed by atoms with Gasteiger partial charge >= 0.3 is 6.03 Å². The van der Waals surface area contributed by atoms with Crippen LogP contribution < -0.4 is 5.32 Å². The third kappa shape index (κ3) is 4.73. The molecule has 1 fully saturated rings. The van der Waals surface area contributed by atoms with Crippen molar-refractivity contribution in [3.05, 3.63) is 35.4 Å². The number of carbonyl (C=O) groups excluding carboxylic acids is 1. The number of benzene rings is 1. The van der Waals surface area contributed by atoms with E-state index in [0.717, 1.165) is 25.9 Å². The molecule has 1 saturated heterocycles. The Bertz CT molecular complexity index is 479. The molecule has 0 saturated carbocycles. The minimum absolute atomic E-state index is 0.0846. The largest absolute Gasteiger partial charge is 0.336 e. The van der Waals surface area contributed by atoms with E-state index < -0.39 is 0 Å². The molecule has 2 rings (SSSR count). The number of likely N-dealkylation sites (N-methyl/N-ethyl adjacent to an activating group) is 1. The highest BCUT2D eigenvalue weighted by Crippen LogP contribution is 2.18. The third-order valence-corrected chi connectivity index (χ3v) is 4.39. The molecule has 22 heavy (non-hydrogen) atoms. The molecule has 0 unspecified atom stereocenters. The summed E-state index contributed by atoms with van der Waals surface area (Å²) in [5, 5.41) is 3.12. The van der Waals surface area contributed by atoms with E-state index >= 15 is 0 Å². The fourth-order valence-corrected chi connectivity index (χ4v) is 3.05. The van der Waals surface area contributed by atoms with Crippen LogP contribution in [0.4, 0.5) is 4.79 Å². The molecule has 4 nitrogen and oxygen atoms in total. The number of hydrogen-bond acceptors (Lipinski definition) is 2. The zero-order valence-corrected chi connectivity index (χ0v) is 14.1. The van der Waals surface area contributed by atoms with E-state index in [1.807, 2.05) is 4.90 Å². The molecule has 2 amide bonds. The van der Waals surface area contributed by atoms with Crippen molar-refractivity contribution in [3.63, 3.8) is 0 Å². The van der Waals surface area contributed by atoms with E-state index in [-0.39, 0.29) is 12.1 Å². The lowest BCUT2D eigenvalue weighted by molar-refractivity contribution is 0.194. The molecule has 0 bridgehead atoms. The summed E-state index contributed by atoms with van der Waals surface area (Å²) in [5.74, 6) is 0. The van der Waals surface area contributed by atoms with E-state index in [2.05, 4.69) is 55.5 Å². The number of aryl methyl sites for hydroxylation is 1. The Hall–Kier alpha value is -1.55. The fraction of sp³-hybridized carbons (Fsp3) is 0.611. The summed E-state index contributed by atoms with van der Waals surface area (Å²) in [6.45, 7) is 4.53. The van der Waals surface area contributed by atoms with Crippen molar-refractivity contribution in [2.45, 2.75) is 38.6 Å². The van der Waals surface area contributed by atoms with Crippen LogP contribution in [0.2, 0.25) is 0 Å². The molecule has 1 N–H and O–H groups in total. The molecule has 1 heterocycles. The van der Waals surface area contributed by atoms with Crippen molar-refractivity contribution in [1.82, 2.24) is 15.1 Å². The third-order valence-electron chi connectivity index (χ3n) is 4.39. The van der Waals surface area contributed by atoms with Gasteiger partial charge in [0.15, 0.2) is 0 Å². The molecule has 0 aliphatic carbocycles. The zero-order valence-electron chi connectivity index (χ0n) is 14.1. The van der Waals surface area contributed by atoms with Gasteiger partial charge in [-0.2, -0.15) is 0 Å². The average Bonchev–Trinajstić information content (AvgIpc) is 2.76. The first-order chi connectivity index (χ1) is 10.6. The van der Waals surface area contributed by atoms with Crippen LogP contribution >= 0.6 is 0 Å². The summed E-state index contributed by atoms with van der Waals surface area (Å²) >= 11 is 0.